The summed E-state index contributed by atoms with van der Waals surface area (Å²) in [7, 11) is 0. The van der Waals surface area contributed by atoms with Gasteiger partial charge in [0.05, 0.1) is 0 Å². The molecule has 0 aromatic heterocycles. The predicted molar refractivity (Wildman–Crippen MR) is 116 cm³/mol. The Labute approximate surface area is 176 Å². The van der Waals surface area contributed by atoms with E-state index in [-0.39, 0.29) is 11.0 Å². The van der Waals surface area contributed by atoms with E-state index in [1.165, 1.54) is 0 Å². The van der Waals surface area contributed by atoms with Gasteiger partial charge in [0.1, 0.15) is 6.17 Å². The molecule has 1 aromatic carbocycles. The second-order valence-electron chi connectivity index (χ2n) is 5.96. The van der Waals surface area contributed by atoms with Gasteiger partial charge in [-0.05, 0) is 36.7 Å². The van der Waals surface area contributed by atoms with Crippen LogP contribution in [0.1, 0.15) is 51.5 Å². The third kappa shape index (κ3) is 8.76. The van der Waals surface area contributed by atoms with Crippen LogP contribution in [-0.4, -0.2) is 21.0 Å². The molecule has 0 aliphatic carbocycles. The summed E-state index contributed by atoms with van der Waals surface area (Å²) in [5.74, 6) is -0.179. The molecule has 0 aliphatic rings. The largest absolute Gasteiger partial charge is 0.339 e. The molecule has 0 radical (unpaired) electrons. The molecule has 1 amide bonds. The van der Waals surface area contributed by atoms with Crippen LogP contribution in [0.2, 0.25) is 0 Å². The Bertz CT molecular complexity index is 593. The molecular formula is C18H26Cl3N3OS. The standard InChI is InChI=1S/C18H26Cl3N3OS/c1-3-5-6-7-12-15(25)23-16(18(19,20)21)24-17(26)22-14-11-9-8-10-13(14)4-2/h8-11,16H,3-7,12H2,1-2H3,(H,23,25)(H2,22,24,26). The first-order valence-corrected chi connectivity index (χ1v) is 10.3. The minimum absolute atomic E-state index is 0.179. The smallest absolute Gasteiger partial charge is 0.228 e. The van der Waals surface area contributed by atoms with Crippen LogP contribution >= 0.6 is 47.0 Å². The first-order chi connectivity index (χ1) is 12.3. The molecule has 0 fully saturated rings. The third-order valence-corrected chi connectivity index (χ3v) is 4.69. The van der Waals surface area contributed by atoms with E-state index in [0.29, 0.717) is 6.42 Å². The van der Waals surface area contributed by atoms with E-state index in [9.17, 15) is 4.79 Å². The SMILES string of the molecule is CCCCCCC(=O)NC(NC(=S)Nc1ccccc1CC)C(Cl)(Cl)Cl. The van der Waals surface area contributed by atoms with Crippen molar-refractivity contribution >= 4 is 63.7 Å². The number of hydrogen-bond acceptors (Lipinski definition) is 2. The molecule has 3 N–H and O–H groups in total. The van der Waals surface area contributed by atoms with Gasteiger partial charge in [-0.25, -0.2) is 0 Å². The van der Waals surface area contributed by atoms with Gasteiger partial charge in [-0.1, -0.05) is 86.1 Å². The molecule has 0 spiro atoms. The van der Waals surface area contributed by atoms with Crippen molar-refractivity contribution < 1.29 is 4.79 Å². The number of thiocarbonyl (C=S) groups is 1. The number of amides is 1. The van der Waals surface area contributed by atoms with Crippen LogP contribution in [0.3, 0.4) is 0 Å². The van der Waals surface area contributed by atoms with Crippen molar-refractivity contribution in [3.05, 3.63) is 29.8 Å². The lowest BCUT2D eigenvalue weighted by molar-refractivity contribution is -0.122. The number of aryl methyl sites for hydroxylation is 1. The predicted octanol–water partition coefficient (Wildman–Crippen LogP) is 5.32. The molecule has 0 heterocycles. The molecule has 1 atom stereocenters. The lowest BCUT2D eigenvalue weighted by atomic mass is 10.1. The highest BCUT2D eigenvalue weighted by Gasteiger charge is 2.34. The number of carbonyl (C=O) groups excluding carboxylic acids is 1. The average Bonchev–Trinajstić information content (AvgIpc) is 2.58. The number of unbranched alkanes of at least 4 members (excludes halogenated alkanes) is 3. The molecule has 4 nitrogen and oxygen atoms in total. The molecule has 0 saturated carbocycles. The fourth-order valence-electron chi connectivity index (χ4n) is 2.39. The summed E-state index contributed by atoms with van der Waals surface area (Å²) in [6.45, 7) is 4.17. The number of rotatable bonds is 9. The summed E-state index contributed by atoms with van der Waals surface area (Å²) in [4.78, 5) is 12.1. The van der Waals surface area contributed by atoms with Gasteiger partial charge < -0.3 is 16.0 Å². The van der Waals surface area contributed by atoms with Crippen LogP contribution in [0.5, 0.6) is 0 Å². The maximum atomic E-state index is 12.1. The van der Waals surface area contributed by atoms with E-state index in [1.54, 1.807) is 0 Å². The van der Waals surface area contributed by atoms with Crippen LogP contribution in [0.15, 0.2) is 24.3 Å². The highest BCUT2D eigenvalue weighted by Crippen LogP contribution is 2.29. The molecule has 1 rings (SSSR count). The summed E-state index contributed by atoms with van der Waals surface area (Å²) in [6, 6.07) is 7.80. The Morgan fingerprint density at radius 3 is 2.42 bits per heavy atom. The highest BCUT2D eigenvalue weighted by molar-refractivity contribution is 7.80. The minimum Gasteiger partial charge on any atom is -0.339 e. The van der Waals surface area contributed by atoms with Crippen molar-refractivity contribution in [2.45, 2.75) is 62.3 Å². The van der Waals surface area contributed by atoms with Gasteiger partial charge in [0.15, 0.2) is 5.11 Å². The normalized spacial score (nSPS) is 12.3. The van der Waals surface area contributed by atoms with Gasteiger partial charge in [0.2, 0.25) is 9.70 Å². The number of nitrogens with one attached hydrogen (secondary N) is 3. The quantitative estimate of drug-likeness (QED) is 0.211. The average molecular weight is 439 g/mol. The first-order valence-electron chi connectivity index (χ1n) is 8.79. The van der Waals surface area contributed by atoms with Crippen molar-refractivity contribution in [2.75, 3.05) is 5.32 Å². The monoisotopic (exact) mass is 437 g/mol. The maximum Gasteiger partial charge on any atom is 0.228 e. The Balaban J connectivity index is 2.64. The van der Waals surface area contributed by atoms with Gasteiger partial charge in [-0.15, -0.1) is 0 Å². The second-order valence-corrected chi connectivity index (χ2v) is 8.74. The van der Waals surface area contributed by atoms with E-state index in [1.807, 2.05) is 24.3 Å². The number of halogens is 3. The zero-order chi connectivity index (χ0) is 19.6. The lowest BCUT2D eigenvalue weighted by Crippen LogP contribution is -2.56. The van der Waals surface area contributed by atoms with E-state index in [0.717, 1.165) is 43.4 Å². The van der Waals surface area contributed by atoms with Crippen LogP contribution < -0.4 is 16.0 Å². The fraction of sp³-hybridized carbons (Fsp3) is 0.556. The summed E-state index contributed by atoms with van der Waals surface area (Å²) in [5, 5.41) is 8.95. The second kappa shape index (κ2) is 11.9. The fourth-order valence-corrected chi connectivity index (χ4v) is 2.94. The molecule has 8 heteroatoms. The van der Waals surface area contributed by atoms with Gasteiger partial charge >= 0.3 is 0 Å². The van der Waals surface area contributed by atoms with Crippen molar-refractivity contribution in [2.24, 2.45) is 0 Å². The van der Waals surface area contributed by atoms with Crippen molar-refractivity contribution in [3.8, 4) is 0 Å². The van der Waals surface area contributed by atoms with Crippen molar-refractivity contribution in [3.63, 3.8) is 0 Å². The summed E-state index contributed by atoms with van der Waals surface area (Å²) < 4.78 is -1.74. The topological polar surface area (TPSA) is 53.2 Å². The van der Waals surface area contributed by atoms with Crippen LogP contribution in [-0.2, 0) is 11.2 Å². The molecule has 1 unspecified atom stereocenters. The zero-order valence-corrected chi connectivity index (χ0v) is 18.2. The van der Waals surface area contributed by atoms with Crippen LogP contribution in [0, 0.1) is 0 Å². The van der Waals surface area contributed by atoms with Gasteiger partial charge in [-0.3, -0.25) is 4.79 Å². The van der Waals surface area contributed by atoms with Crippen molar-refractivity contribution in [1.29, 1.82) is 0 Å². The minimum atomic E-state index is -1.74. The molecule has 0 bridgehead atoms. The molecule has 0 saturated heterocycles. The lowest BCUT2D eigenvalue weighted by Gasteiger charge is -2.28. The van der Waals surface area contributed by atoms with Gasteiger partial charge in [0.25, 0.3) is 0 Å². The number of benzene rings is 1. The summed E-state index contributed by atoms with van der Waals surface area (Å²) in [5.41, 5.74) is 1.99. The highest BCUT2D eigenvalue weighted by atomic mass is 35.6. The Hall–Kier alpha value is -0.750. The maximum absolute atomic E-state index is 12.1. The van der Waals surface area contributed by atoms with Crippen molar-refractivity contribution in [1.82, 2.24) is 10.6 Å². The van der Waals surface area contributed by atoms with Crippen LogP contribution in [0.4, 0.5) is 5.69 Å². The molecule has 26 heavy (non-hydrogen) atoms. The molecular weight excluding hydrogens is 413 g/mol. The van der Waals surface area contributed by atoms with E-state index in [4.69, 9.17) is 47.0 Å². The Morgan fingerprint density at radius 2 is 1.81 bits per heavy atom. The van der Waals surface area contributed by atoms with E-state index in [2.05, 4.69) is 29.8 Å². The molecule has 0 aliphatic heterocycles. The number of carbonyl (C=O) groups is 1. The summed E-state index contributed by atoms with van der Waals surface area (Å²) in [6.07, 6.45) is 4.33. The number of alkyl halides is 3. The van der Waals surface area contributed by atoms with Crippen LogP contribution in [0.25, 0.3) is 0 Å². The Kier molecular flexibility index (Phi) is 10.6. The van der Waals surface area contributed by atoms with E-state index < -0.39 is 9.96 Å². The third-order valence-electron chi connectivity index (χ3n) is 3.81. The number of para-hydroxylation sites is 1. The number of hydrogen-bond donors (Lipinski definition) is 3. The molecule has 146 valence electrons. The van der Waals surface area contributed by atoms with E-state index >= 15 is 0 Å². The molecule has 1 aromatic rings. The van der Waals surface area contributed by atoms with Gasteiger partial charge in [-0.2, -0.15) is 0 Å². The first kappa shape index (κ1) is 23.3. The summed E-state index contributed by atoms with van der Waals surface area (Å²) >= 11 is 23.3. The number of anilines is 1. The zero-order valence-electron chi connectivity index (χ0n) is 15.1. The Morgan fingerprint density at radius 1 is 1.12 bits per heavy atom. The van der Waals surface area contributed by atoms with Gasteiger partial charge in [0, 0.05) is 12.1 Å².